The molecule has 1 aromatic heterocycles. The van der Waals surface area contributed by atoms with E-state index in [0.717, 1.165) is 29.7 Å². The van der Waals surface area contributed by atoms with Crippen LogP contribution in [0, 0.1) is 10.1 Å². The maximum atomic E-state index is 12.3. The van der Waals surface area contributed by atoms with E-state index >= 15 is 0 Å². The molecule has 116 valence electrons. The minimum Gasteiger partial charge on any atom is -0.258 e. The zero-order valence-electron chi connectivity index (χ0n) is 11.6. The summed E-state index contributed by atoms with van der Waals surface area (Å²) in [5, 5.41) is 11.4. The summed E-state index contributed by atoms with van der Waals surface area (Å²) in [6.07, 6.45) is 1.51. The van der Waals surface area contributed by atoms with Crippen LogP contribution < -0.4 is 4.72 Å². The first kappa shape index (κ1) is 14.9. The minimum atomic E-state index is -3.92. The molecule has 3 rings (SSSR count). The number of para-hydroxylation sites is 1. The highest BCUT2D eigenvalue weighted by Crippen LogP contribution is 2.18. The molecule has 23 heavy (non-hydrogen) atoms. The van der Waals surface area contributed by atoms with Crippen LogP contribution >= 0.6 is 0 Å². The van der Waals surface area contributed by atoms with E-state index in [1.807, 2.05) is 12.1 Å². The number of aromatic nitrogens is 2. The molecule has 2 aromatic carbocycles. The van der Waals surface area contributed by atoms with Gasteiger partial charge >= 0.3 is 0 Å². The lowest BCUT2D eigenvalue weighted by atomic mass is 10.2. The van der Waals surface area contributed by atoms with E-state index in [9.17, 15) is 18.5 Å². The number of non-ortho nitro benzene ring substituents is 1. The molecule has 0 unspecified atom stereocenters. The minimum absolute atomic E-state index is 0.0675. The lowest BCUT2D eigenvalue weighted by Crippen LogP contribution is -2.15. The van der Waals surface area contributed by atoms with Crippen LogP contribution in [0.5, 0.6) is 0 Å². The average molecular weight is 330 g/mol. The Morgan fingerprint density at radius 2 is 1.74 bits per heavy atom. The molecule has 0 spiro atoms. The van der Waals surface area contributed by atoms with Crippen molar-refractivity contribution in [2.24, 2.45) is 0 Å². The van der Waals surface area contributed by atoms with E-state index in [4.69, 9.17) is 0 Å². The van der Waals surface area contributed by atoms with E-state index < -0.39 is 14.9 Å². The van der Waals surface area contributed by atoms with Gasteiger partial charge in [-0.25, -0.2) is 23.1 Å². The highest BCUT2D eigenvalue weighted by molar-refractivity contribution is 7.92. The van der Waals surface area contributed by atoms with Crippen molar-refractivity contribution < 1.29 is 13.3 Å². The topological polar surface area (TPSA) is 115 Å². The third-order valence-corrected chi connectivity index (χ3v) is 4.42. The van der Waals surface area contributed by atoms with Crippen LogP contribution in [0.3, 0.4) is 0 Å². The van der Waals surface area contributed by atoms with Gasteiger partial charge in [0.2, 0.25) is 5.95 Å². The van der Waals surface area contributed by atoms with Crippen LogP contribution in [0.4, 0.5) is 11.6 Å². The van der Waals surface area contributed by atoms with Gasteiger partial charge in [0.25, 0.3) is 15.7 Å². The van der Waals surface area contributed by atoms with Crippen molar-refractivity contribution in [1.82, 2.24) is 9.97 Å². The molecule has 0 fully saturated rings. The predicted octanol–water partition coefficient (Wildman–Crippen LogP) is 2.34. The van der Waals surface area contributed by atoms with Gasteiger partial charge in [-0.05, 0) is 18.2 Å². The molecule has 8 nitrogen and oxygen atoms in total. The smallest absolute Gasteiger partial charge is 0.258 e. The second kappa shape index (κ2) is 5.61. The Morgan fingerprint density at radius 1 is 1.04 bits per heavy atom. The van der Waals surface area contributed by atoms with Gasteiger partial charge in [0.15, 0.2) is 0 Å². The fourth-order valence-corrected chi connectivity index (χ4v) is 2.90. The van der Waals surface area contributed by atoms with Crippen molar-refractivity contribution in [3.05, 3.63) is 64.8 Å². The molecule has 1 heterocycles. The van der Waals surface area contributed by atoms with E-state index in [1.165, 1.54) is 6.20 Å². The average Bonchev–Trinajstić information content (AvgIpc) is 2.54. The number of nitro groups is 1. The van der Waals surface area contributed by atoms with Gasteiger partial charge in [-0.2, -0.15) is 0 Å². The molecular weight excluding hydrogens is 320 g/mol. The van der Waals surface area contributed by atoms with E-state index in [1.54, 1.807) is 12.1 Å². The molecule has 0 saturated heterocycles. The van der Waals surface area contributed by atoms with Gasteiger partial charge in [-0.15, -0.1) is 0 Å². The predicted molar refractivity (Wildman–Crippen MR) is 83.4 cm³/mol. The monoisotopic (exact) mass is 330 g/mol. The highest BCUT2D eigenvalue weighted by Gasteiger charge is 2.17. The Morgan fingerprint density at radius 3 is 2.43 bits per heavy atom. The van der Waals surface area contributed by atoms with Crippen LogP contribution in [0.25, 0.3) is 10.9 Å². The van der Waals surface area contributed by atoms with Gasteiger partial charge in [0.1, 0.15) is 0 Å². The number of nitrogens with one attached hydrogen (secondary N) is 1. The number of benzene rings is 2. The largest absolute Gasteiger partial charge is 0.269 e. The molecule has 0 atom stereocenters. The summed E-state index contributed by atoms with van der Waals surface area (Å²) in [7, 11) is -3.92. The van der Waals surface area contributed by atoms with Crippen LogP contribution in [-0.2, 0) is 10.0 Å². The zero-order valence-corrected chi connectivity index (χ0v) is 12.4. The number of hydrogen-bond donors (Lipinski definition) is 1. The summed E-state index contributed by atoms with van der Waals surface area (Å²) < 4.78 is 26.8. The first-order valence-electron chi connectivity index (χ1n) is 6.45. The maximum Gasteiger partial charge on any atom is 0.269 e. The molecule has 0 aliphatic rings. The number of sulfonamides is 1. The van der Waals surface area contributed by atoms with Crippen molar-refractivity contribution >= 4 is 32.6 Å². The molecule has 0 bridgehead atoms. The van der Waals surface area contributed by atoms with E-state index in [-0.39, 0.29) is 16.5 Å². The molecule has 0 saturated carbocycles. The highest BCUT2D eigenvalue weighted by atomic mass is 32.2. The van der Waals surface area contributed by atoms with Crippen LogP contribution in [0.15, 0.2) is 59.6 Å². The lowest BCUT2D eigenvalue weighted by Gasteiger charge is -2.07. The normalized spacial score (nSPS) is 11.3. The van der Waals surface area contributed by atoms with Crippen molar-refractivity contribution in [1.29, 1.82) is 0 Å². The summed E-state index contributed by atoms with van der Waals surface area (Å²) in [5.41, 5.74) is 0.412. The molecule has 0 radical (unpaired) electrons. The van der Waals surface area contributed by atoms with Crippen molar-refractivity contribution in [3.8, 4) is 0 Å². The Kier molecular flexibility index (Phi) is 3.62. The lowest BCUT2D eigenvalue weighted by molar-refractivity contribution is -0.384. The fraction of sp³-hybridized carbons (Fsp3) is 0. The van der Waals surface area contributed by atoms with Gasteiger partial charge < -0.3 is 0 Å². The summed E-state index contributed by atoms with van der Waals surface area (Å²) in [6.45, 7) is 0. The third kappa shape index (κ3) is 3.09. The Balaban J connectivity index is 1.91. The fourth-order valence-electron chi connectivity index (χ4n) is 1.95. The Labute approximate surface area is 131 Å². The van der Waals surface area contributed by atoms with Crippen molar-refractivity contribution in [3.63, 3.8) is 0 Å². The molecular formula is C14H10N4O4S. The van der Waals surface area contributed by atoms with E-state index in [2.05, 4.69) is 14.7 Å². The molecule has 3 aromatic rings. The summed E-state index contributed by atoms with van der Waals surface area (Å²) in [5.74, 6) is -0.0675. The van der Waals surface area contributed by atoms with Gasteiger partial charge in [-0.3, -0.25) is 10.1 Å². The van der Waals surface area contributed by atoms with Crippen LogP contribution in [-0.4, -0.2) is 23.3 Å². The second-order valence-corrected chi connectivity index (χ2v) is 6.29. The Bertz CT molecular complexity index is 987. The molecule has 9 heteroatoms. The molecule has 0 aliphatic carbocycles. The van der Waals surface area contributed by atoms with Gasteiger partial charge in [-0.1, -0.05) is 18.2 Å². The number of fused-ring (bicyclic) bond motifs is 1. The van der Waals surface area contributed by atoms with Crippen molar-refractivity contribution in [2.75, 3.05) is 4.72 Å². The quantitative estimate of drug-likeness (QED) is 0.580. The number of hydrogen-bond acceptors (Lipinski definition) is 6. The standard InChI is InChI=1S/C14H10N4O4S/c19-18(20)11-5-7-12(8-6-11)23(21,22)17-14-15-9-10-3-1-2-4-13(10)16-14/h1-9H,(H,15,16,17). The SMILES string of the molecule is O=[N+]([O-])c1ccc(S(=O)(=O)Nc2ncc3ccccc3n2)cc1. The van der Waals surface area contributed by atoms with E-state index in [0.29, 0.717) is 5.52 Å². The zero-order chi connectivity index (χ0) is 16.4. The summed E-state index contributed by atoms with van der Waals surface area (Å²) in [4.78, 5) is 18.0. The molecule has 0 aliphatic heterocycles. The van der Waals surface area contributed by atoms with Crippen LogP contribution in [0.1, 0.15) is 0 Å². The number of nitrogens with zero attached hydrogens (tertiary/aromatic N) is 3. The second-order valence-electron chi connectivity index (χ2n) is 4.61. The summed E-state index contributed by atoms with van der Waals surface area (Å²) >= 11 is 0. The number of anilines is 1. The van der Waals surface area contributed by atoms with Gasteiger partial charge in [0, 0.05) is 23.7 Å². The van der Waals surface area contributed by atoms with Crippen molar-refractivity contribution in [2.45, 2.75) is 4.90 Å². The van der Waals surface area contributed by atoms with Crippen LogP contribution in [0.2, 0.25) is 0 Å². The summed E-state index contributed by atoms with van der Waals surface area (Å²) in [6, 6.07) is 11.7. The third-order valence-electron chi connectivity index (χ3n) is 3.07. The molecule has 1 N–H and O–H groups in total. The first-order chi connectivity index (χ1) is 11.0. The first-order valence-corrected chi connectivity index (χ1v) is 7.93. The van der Waals surface area contributed by atoms with Gasteiger partial charge in [0.05, 0.1) is 15.3 Å². The number of rotatable bonds is 4. The number of nitro benzene ring substituents is 1. The maximum absolute atomic E-state index is 12.3. The Hall–Kier alpha value is -3.07. The molecule has 0 amide bonds.